The molecule has 2 amide bonds. The first-order chi connectivity index (χ1) is 19.7. The van der Waals surface area contributed by atoms with E-state index < -0.39 is 34.3 Å². The molecule has 0 bridgehead atoms. The molecule has 0 aliphatic carbocycles. The summed E-state index contributed by atoms with van der Waals surface area (Å²) in [6.07, 6.45) is 0.222. The Bertz CT molecular complexity index is 1580. The van der Waals surface area contributed by atoms with E-state index in [1.165, 1.54) is 36.2 Å². The molecule has 1 atom stereocenters. The van der Waals surface area contributed by atoms with E-state index in [-0.39, 0.29) is 29.5 Å². The minimum atomic E-state index is -4.22. The first kappa shape index (κ1) is 29.5. The van der Waals surface area contributed by atoms with E-state index in [1.54, 1.807) is 18.2 Å². The van der Waals surface area contributed by atoms with Crippen LogP contribution in [0.2, 0.25) is 0 Å². The highest BCUT2D eigenvalue weighted by Gasteiger charge is 2.34. The predicted molar refractivity (Wildman–Crippen MR) is 157 cm³/mol. The highest BCUT2D eigenvalue weighted by atomic mass is 32.2. The Morgan fingerprint density at radius 1 is 0.829 bits per heavy atom. The SMILES string of the molecule is CNC(=O)C(Cc1ccccc1)N(Cc1ccccc1C)C(=O)CN(c1ccc(F)cc1)S(=O)(=O)c1ccccc1. The van der Waals surface area contributed by atoms with Crippen LogP contribution in [0.25, 0.3) is 0 Å². The number of carbonyl (C=O) groups excluding carboxylic acids is 2. The maximum absolute atomic E-state index is 14.2. The van der Waals surface area contributed by atoms with E-state index in [0.717, 1.165) is 33.1 Å². The van der Waals surface area contributed by atoms with E-state index >= 15 is 0 Å². The summed E-state index contributed by atoms with van der Waals surface area (Å²) >= 11 is 0. The van der Waals surface area contributed by atoms with Crippen LogP contribution in [-0.4, -0.2) is 44.8 Å². The number of anilines is 1. The second kappa shape index (κ2) is 13.2. The van der Waals surface area contributed by atoms with Gasteiger partial charge in [0.15, 0.2) is 0 Å². The maximum Gasteiger partial charge on any atom is 0.264 e. The van der Waals surface area contributed by atoms with Gasteiger partial charge in [-0.05, 0) is 60.0 Å². The molecule has 0 spiro atoms. The van der Waals surface area contributed by atoms with Crippen molar-refractivity contribution in [2.24, 2.45) is 0 Å². The molecule has 0 aliphatic rings. The van der Waals surface area contributed by atoms with Gasteiger partial charge in [0.2, 0.25) is 11.8 Å². The van der Waals surface area contributed by atoms with Gasteiger partial charge in [-0.25, -0.2) is 12.8 Å². The summed E-state index contributed by atoms with van der Waals surface area (Å²) in [4.78, 5) is 28.9. The van der Waals surface area contributed by atoms with Gasteiger partial charge in [-0.15, -0.1) is 0 Å². The number of likely N-dealkylation sites (N-methyl/N-ethyl adjacent to an activating group) is 1. The molecule has 0 fully saturated rings. The van der Waals surface area contributed by atoms with Crippen molar-refractivity contribution in [2.45, 2.75) is 30.8 Å². The Balaban J connectivity index is 1.78. The molecular weight excluding hydrogens is 541 g/mol. The van der Waals surface area contributed by atoms with Crippen LogP contribution in [0.3, 0.4) is 0 Å². The number of carbonyl (C=O) groups is 2. The minimum Gasteiger partial charge on any atom is -0.357 e. The van der Waals surface area contributed by atoms with Crippen molar-refractivity contribution >= 4 is 27.5 Å². The molecular formula is C32H32FN3O4S. The third-order valence-electron chi connectivity index (χ3n) is 6.84. The molecule has 41 heavy (non-hydrogen) atoms. The van der Waals surface area contributed by atoms with Gasteiger partial charge >= 0.3 is 0 Å². The number of hydrogen-bond donors (Lipinski definition) is 1. The summed E-state index contributed by atoms with van der Waals surface area (Å²) in [6, 6.07) is 28.5. The first-order valence-electron chi connectivity index (χ1n) is 13.1. The van der Waals surface area contributed by atoms with Gasteiger partial charge in [0, 0.05) is 20.0 Å². The first-order valence-corrected chi connectivity index (χ1v) is 14.6. The van der Waals surface area contributed by atoms with Crippen LogP contribution in [0.4, 0.5) is 10.1 Å². The standard InChI is InChI=1S/C32H32FN3O4S/c1-24-11-9-10-14-26(24)22-35(30(32(38)34-2)21-25-12-5-3-6-13-25)31(37)23-36(28-19-17-27(33)18-20-28)41(39,40)29-15-7-4-8-16-29/h3-20,30H,21-23H2,1-2H3,(H,34,38). The Morgan fingerprint density at radius 2 is 1.41 bits per heavy atom. The zero-order valence-electron chi connectivity index (χ0n) is 22.9. The normalized spacial score (nSPS) is 11.9. The van der Waals surface area contributed by atoms with Crippen LogP contribution in [0, 0.1) is 12.7 Å². The molecule has 9 heteroatoms. The Labute approximate surface area is 240 Å². The van der Waals surface area contributed by atoms with Crippen LogP contribution in [-0.2, 0) is 32.6 Å². The van der Waals surface area contributed by atoms with Crippen LogP contribution in [0.15, 0.2) is 114 Å². The van der Waals surface area contributed by atoms with Gasteiger partial charge in [-0.2, -0.15) is 0 Å². The molecule has 0 radical (unpaired) electrons. The molecule has 0 saturated carbocycles. The third-order valence-corrected chi connectivity index (χ3v) is 8.63. The molecule has 0 aliphatic heterocycles. The number of nitrogens with zero attached hydrogens (tertiary/aromatic N) is 2. The lowest BCUT2D eigenvalue weighted by Crippen LogP contribution is -2.53. The van der Waals surface area contributed by atoms with Crippen molar-refractivity contribution in [1.29, 1.82) is 0 Å². The number of aryl methyl sites for hydroxylation is 1. The third kappa shape index (κ3) is 7.18. The van der Waals surface area contributed by atoms with Crippen molar-refractivity contribution in [3.8, 4) is 0 Å². The number of amides is 2. The molecule has 7 nitrogen and oxygen atoms in total. The molecule has 4 rings (SSSR count). The largest absolute Gasteiger partial charge is 0.357 e. The lowest BCUT2D eigenvalue weighted by atomic mass is 10.0. The van der Waals surface area contributed by atoms with E-state index in [9.17, 15) is 22.4 Å². The lowest BCUT2D eigenvalue weighted by Gasteiger charge is -2.34. The van der Waals surface area contributed by atoms with Gasteiger partial charge < -0.3 is 10.2 Å². The van der Waals surface area contributed by atoms with Crippen molar-refractivity contribution in [2.75, 3.05) is 17.9 Å². The summed E-state index contributed by atoms with van der Waals surface area (Å²) in [7, 11) is -2.72. The van der Waals surface area contributed by atoms with E-state index in [2.05, 4.69) is 5.32 Å². The van der Waals surface area contributed by atoms with Crippen molar-refractivity contribution < 1.29 is 22.4 Å². The number of hydrogen-bond acceptors (Lipinski definition) is 4. The van der Waals surface area contributed by atoms with E-state index in [1.807, 2.05) is 61.5 Å². The average molecular weight is 574 g/mol. The maximum atomic E-state index is 14.2. The molecule has 0 aromatic heterocycles. The van der Waals surface area contributed by atoms with Gasteiger partial charge in [0.25, 0.3) is 10.0 Å². The number of halogens is 1. The minimum absolute atomic E-state index is 0.0188. The monoisotopic (exact) mass is 573 g/mol. The van der Waals surface area contributed by atoms with Gasteiger partial charge in [0.1, 0.15) is 18.4 Å². The summed E-state index contributed by atoms with van der Waals surface area (Å²) < 4.78 is 42.4. The van der Waals surface area contributed by atoms with Crippen molar-refractivity contribution in [1.82, 2.24) is 10.2 Å². The fourth-order valence-electron chi connectivity index (χ4n) is 4.55. The molecule has 212 valence electrons. The average Bonchev–Trinajstić information content (AvgIpc) is 2.99. The second-order valence-corrected chi connectivity index (χ2v) is 11.4. The zero-order valence-corrected chi connectivity index (χ0v) is 23.7. The highest BCUT2D eigenvalue weighted by molar-refractivity contribution is 7.92. The van der Waals surface area contributed by atoms with Crippen molar-refractivity contribution in [3.63, 3.8) is 0 Å². The Morgan fingerprint density at radius 3 is 2.02 bits per heavy atom. The van der Waals surface area contributed by atoms with Gasteiger partial charge in [-0.3, -0.25) is 13.9 Å². The van der Waals surface area contributed by atoms with Gasteiger partial charge in [-0.1, -0.05) is 72.8 Å². The summed E-state index contributed by atoms with van der Waals surface area (Å²) in [5.41, 5.74) is 2.71. The molecule has 0 saturated heterocycles. The predicted octanol–water partition coefficient (Wildman–Crippen LogP) is 4.72. The lowest BCUT2D eigenvalue weighted by molar-refractivity contribution is -0.139. The molecule has 1 N–H and O–H groups in total. The summed E-state index contributed by atoms with van der Waals surface area (Å²) in [5.74, 6) is -1.50. The molecule has 4 aromatic carbocycles. The smallest absolute Gasteiger partial charge is 0.264 e. The Hall–Kier alpha value is -4.50. The van der Waals surface area contributed by atoms with Gasteiger partial charge in [0.05, 0.1) is 10.6 Å². The second-order valence-electron chi connectivity index (χ2n) is 9.57. The number of rotatable bonds is 11. The summed E-state index contributed by atoms with van der Waals surface area (Å²) in [5, 5.41) is 2.66. The fraction of sp³-hybridized carbons (Fsp3) is 0.188. The number of benzene rings is 4. The molecule has 4 aromatic rings. The zero-order chi connectivity index (χ0) is 29.4. The van der Waals surface area contributed by atoms with Crippen LogP contribution in [0.5, 0.6) is 0 Å². The topological polar surface area (TPSA) is 86.8 Å². The van der Waals surface area contributed by atoms with E-state index in [4.69, 9.17) is 0 Å². The highest BCUT2D eigenvalue weighted by Crippen LogP contribution is 2.25. The summed E-state index contributed by atoms with van der Waals surface area (Å²) in [6.45, 7) is 1.39. The van der Waals surface area contributed by atoms with E-state index in [0.29, 0.717) is 0 Å². The van der Waals surface area contributed by atoms with Crippen LogP contribution < -0.4 is 9.62 Å². The molecule has 1 unspecified atom stereocenters. The fourth-order valence-corrected chi connectivity index (χ4v) is 5.98. The van der Waals surface area contributed by atoms with Crippen LogP contribution in [0.1, 0.15) is 16.7 Å². The van der Waals surface area contributed by atoms with Crippen molar-refractivity contribution in [3.05, 3.63) is 132 Å². The quantitative estimate of drug-likeness (QED) is 0.282. The van der Waals surface area contributed by atoms with Crippen LogP contribution >= 0.6 is 0 Å². The Kier molecular flexibility index (Phi) is 9.52. The number of nitrogens with one attached hydrogen (secondary N) is 1. The molecule has 0 heterocycles. The number of sulfonamides is 1.